The predicted octanol–water partition coefficient (Wildman–Crippen LogP) is 4.83. The Bertz CT molecular complexity index is 1140. The topological polar surface area (TPSA) is 117 Å². The minimum atomic E-state index is -0.596. The first kappa shape index (κ1) is 22.2. The highest BCUT2D eigenvalue weighted by Gasteiger charge is 2.25. The third-order valence-corrected chi connectivity index (χ3v) is 6.12. The average molecular weight is 463 g/mol. The molecule has 0 aliphatic rings. The fourth-order valence-corrected chi connectivity index (χ4v) is 4.45. The lowest BCUT2D eigenvalue weighted by atomic mass is 10.0. The van der Waals surface area contributed by atoms with Gasteiger partial charge in [0.05, 0.1) is 30.6 Å². The number of amides is 1. The zero-order chi connectivity index (χ0) is 22.5. The molecule has 162 valence electrons. The predicted molar refractivity (Wildman–Crippen MR) is 118 cm³/mol. The number of anilines is 1. The number of hydrogen-bond donors (Lipinski definition) is 1. The molecule has 0 atom stereocenters. The van der Waals surface area contributed by atoms with E-state index in [-0.39, 0.29) is 27.0 Å². The smallest absolute Gasteiger partial charge is 0.341 e. The number of ether oxygens (including phenoxy) is 3. The highest BCUT2D eigenvalue weighted by Crippen LogP contribution is 2.40. The van der Waals surface area contributed by atoms with Crippen molar-refractivity contribution < 1.29 is 28.7 Å². The van der Waals surface area contributed by atoms with Crippen molar-refractivity contribution in [1.82, 2.24) is 0 Å². The van der Waals surface area contributed by atoms with E-state index in [0.29, 0.717) is 22.6 Å². The van der Waals surface area contributed by atoms with E-state index in [1.165, 1.54) is 26.4 Å². The van der Waals surface area contributed by atoms with Crippen LogP contribution in [0.2, 0.25) is 0 Å². The molecule has 0 bridgehead atoms. The van der Waals surface area contributed by atoms with E-state index in [9.17, 15) is 19.7 Å². The maximum atomic E-state index is 12.7. The third-order valence-electron chi connectivity index (χ3n) is 4.19. The molecule has 11 heteroatoms. The SMILES string of the molecule is CCOC(=O)c1c(-c2ccc(OC)c(OC)c2)csc1NC(=O)c1ccc([N+](=O)[O-])s1. The van der Waals surface area contributed by atoms with Gasteiger partial charge < -0.3 is 19.5 Å². The number of esters is 1. The van der Waals surface area contributed by atoms with Crippen LogP contribution >= 0.6 is 22.7 Å². The van der Waals surface area contributed by atoms with Crippen LogP contribution in [-0.2, 0) is 4.74 Å². The molecule has 1 N–H and O–H groups in total. The fraction of sp³-hybridized carbons (Fsp3) is 0.200. The van der Waals surface area contributed by atoms with Crippen LogP contribution in [0.4, 0.5) is 10.0 Å². The largest absolute Gasteiger partial charge is 0.493 e. The molecule has 0 saturated heterocycles. The number of hydrogen-bond acceptors (Lipinski definition) is 9. The second kappa shape index (κ2) is 9.58. The Labute approximate surface area is 185 Å². The lowest BCUT2D eigenvalue weighted by Gasteiger charge is -2.11. The second-order valence-electron chi connectivity index (χ2n) is 5.99. The number of nitrogens with zero attached hydrogens (tertiary/aromatic N) is 1. The number of thiophene rings is 2. The van der Waals surface area contributed by atoms with E-state index in [2.05, 4.69) is 5.32 Å². The molecule has 2 heterocycles. The first-order chi connectivity index (χ1) is 14.9. The maximum absolute atomic E-state index is 12.7. The summed E-state index contributed by atoms with van der Waals surface area (Å²) in [4.78, 5) is 35.8. The van der Waals surface area contributed by atoms with Crippen molar-refractivity contribution in [2.75, 3.05) is 26.1 Å². The second-order valence-corrected chi connectivity index (χ2v) is 7.93. The Morgan fingerprint density at radius 3 is 2.48 bits per heavy atom. The number of carbonyl (C=O) groups excluding carboxylic acids is 2. The number of benzene rings is 1. The van der Waals surface area contributed by atoms with Gasteiger partial charge in [-0.05, 0) is 30.7 Å². The standard InChI is InChI=1S/C20H18N2O7S2/c1-4-29-20(24)17-12(11-5-6-13(27-2)14(9-11)28-3)10-30-19(17)21-18(23)15-7-8-16(31-15)22(25)26/h5-10H,4H2,1-3H3,(H,21,23). The van der Waals surface area contributed by atoms with Crippen LogP contribution in [0.15, 0.2) is 35.7 Å². The van der Waals surface area contributed by atoms with Crippen molar-refractivity contribution in [2.45, 2.75) is 6.92 Å². The summed E-state index contributed by atoms with van der Waals surface area (Å²) in [5, 5.41) is 15.4. The van der Waals surface area contributed by atoms with Crippen LogP contribution in [0.3, 0.4) is 0 Å². The molecule has 0 fully saturated rings. The van der Waals surface area contributed by atoms with E-state index < -0.39 is 16.8 Å². The highest BCUT2D eigenvalue weighted by molar-refractivity contribution is 7.17. The van der Waals surface area contributed by atoms with Crippen molar-refractivity contribution in [3.63, 3.8) is 0 Å². The van der Waals surface area contributed by atoms with Crippen LogP contribution in [0.1, 0.15) is 27.0 Å². The van der Waals surface area contributed by atoms with Gasteiger partial charge in [0.25, 0.3) is 5.91 Å². The van der Waals surface area contributed by atoms with Crippen LogP contribution in [0.5, 0.6) is 11.5 Å². The molecule has 0 aliphatic carbocycles. The summed E-state index contributed by atoms with van der Waals surface area (Å²) in [5.41, 5.74) is 1.42. The zero-order valence-corrected chi connectivity index (χ0v) is 18.4. The van der Waals surface area contributed by atoms with Crippen molar-refractivity contribution >= 4 is 44.6 Å². The third kappa shape index (κ3) is 4.67. The summed E-state index contributed by atoms with van der Waals surface area (Å²) in [6.45, 7) is 1.84. The van der Waals surface area contributed by atoms with Crippen molar-refractivity contribution in [3.05, 3.63) is 56.3 Å². The van der Waals surface area contributed by atoms with Gasteiger partial charge in [0.1, 0.15) is 10.6 Å². The highest BCUT2D eigenvalue weighted by atomic mass is 32.1. The zero-order valence-electron chi connectivity index (χ0n) is 16.8. The minimum Gasteiger partial charge on any atom is -0.493 e. The van der Waals surface area contributed by atoms with Crippen molar-refractivity contribution in [2.24, 2.45) is 0 Å². The average Bonchev–Trinajstić information content (AvgIpc) is 3.41. The Morgan fingerprint density at radius 1 is 1.13 bits per heavy atom. The van der Waals surface area contributed by atoms with E-state index in [1.807, 2.05) is 0 Å². The van der Waals surface area contributed by atoms with E-state index in [4.69, 9.17) is 14.2 Å². The summed E-state index contributed by atoms with van der Waals surface area (Å²) in [5.74, 6) is -0.130. The quantitative estimate of drug-likeness (QED) is 0.289. The van der Waals surface area contributed by atoms with Gasteiger partial charge >= 0.3 is 11.0 Å². The summed E-state index contributed by atoms with van der Waals surface area (Å²) >= 11 is 1.90. The normalized spacial score (nSPS) is 10.4. The van der Waals surface area contributed by atoms with Gasteiger partial charge in [-0.25, -0.2) is 4.79 Å². The molecule has 3 rings (SSSR count). The van der Waals surface area contributed by atoms with Gasteiger partial charge in [-0.15, -0.1) is 11.3 Å². The minimum absolute atomic E-state index is 0.145. The molecule has 1 aromatic carbocycles. The van der Waals surface area contributed by atoms with E-state index in [1.54, 1.807) is 30.5 Å². The fourth-order valence-electron chi connectivity index (χ4n) is 2.78. The number of rotatable bonds is 8. The van der Waals surface area contributed by atoms with Gasteiger partial charge in [-0.2, -0.15) is 0 Å². The number of carbonyl (C=O) groups is 2. The maximum Gasteiger partial charge on any atom is 0.341 e. The van der Waals surface area contributed by atoms with Gasteiger partial charge in [0, 0.05) is 17.0 Å². The van der Waals surface area contributed by atoms with Gasteiger partial charge in [0.15, 0.2) is 11.5 Å². The molecule has 0 spiro atoms. The Kier molecular flexibility index (Phi) is 6.88. The van der Waals surface area contributed by atoms with E-state index in [0.717, 1.165) is 22.7 Å². The number of nitrogens with one attached hydrogen (secondary N) is 1. The molecule has 0 unspecified atom stereocenters. The van der Waals surface area contributed by atoms with Crippen LogP contribution < -0.4 is 14.8 Å². The first-order valence-electron chi connectivity index (χ1n) is 8.96. The molecule has 9 nitrogen and oxygen atoms in total. The van der Waals surface area contributed by atoms with Crippen molar-refractivity contribution in [3.8, 4) is 22.6 Å². The molecular weight excluding hydrogens is 444 g/mol. The van der Waals surface area contributed by atoms with Gasteiger partial charge in [-0.3, -0.25) is 14.9 Å². The molecule has 3 aromatic rings. The molecule has 0 aliphatic heterocycles. The summed E-state index contributed by atoms with van der Waals surface area (Å²) in [6.07, 6.45) is 0. The summed E-state index contributed by atoms with van der Waals surface area (Å²) < 4.78 is 15.8. The number of nitro groups is 1. The van der Waals surface area contributed by atoms with E-state index >= 15 is 0 Å². The van der Waals surface area contributed by atoms with Gasteiger partial charge in [-0.1, -0.05) is 17.4 Å². The monoisotopic (exact) mass is 462 g/mol. The molecule has 31 heavy (non-hydrogen) atoms. The Balaban J connectivity index is 2.00. The Hall–Kier alpha value is -3.44. The lowest BCUT2D eigenvalue weighted by Crippen LogP contribution is -2.13. The molecular formula is C20H18N2O7S2. The number of methoxy groups -OCH3 is 2. The first-order valence-corrected chi connectivity index (χ1v) is 10.7. The molecule has 2 aromatic heterocycles. The summed E-state index contributed by atoms with van der Waals surface area (Å²) in [7, 11) is 3.03. The molecule has 0 radical (unpaired) electrons. The van der Waals surface area contributed by atoms with Crippen molar-refractivity contribution in [1.29, 1.82) is 0 Å². The summed E-state index contributed by atoms with van der Waals surface area (Å²) in [6, 6.07) is 7.82. The van der Waals surface area contributed by atoms with Crippen LogP contribution in [-0.4, -0.2) is 37.6 Å². The van der Waals surface area contributed by atoms with Gasteiger partial charge in [0.2, 0.25) is 0 Å². The molecule has 1 amide bonds. The Morgan fingerprint density at radius 2 is 1.87 bits per heavy atom. The van der Waals surface area contributed by atoms with Crippen LogP contribution in [0.25, 0.3) is 11.1 Å². The molecule has 0 saturated carbocycles. The lowest BCUT2D eigenvalue weighted by molar-refractivity contribution is -0.380. The van der Waals surface area contributed by atoms with Crippen LogP contribution in [0, 0.1) is 10.1 Å².